The number of carbonyl (C=O) groups is 4. The van der Waals surface area contributed by atoms with Crippen molar-refractivity contribution < 1.29 is 23.9 Å². The van der Waals surface area contributed by atoms with Crippen molar-refractivity contribution in [3.05, 3.63) is 65.2 Å². The van der Waals surface area contributed by atoms with Gasteiger partial charge in [-0.25, -0.2) is 0 Å². The van der Waals surface area contributed by atoms with Gasteiger partial charge in [0.25, 0.3) is 17.7 Å². The zero-order valence-corrected chi connectivity index (χ0v) is 16.7. The Morgan fingerprint density at radius 1 is 1.00 bits per heavy atom. The molecule has 0 saturated heterocycles. The number of esters is 1. The second kappa shape index (κ2) is 9.38. The topological polar surface area (TPSA) is 92.8 Å². The highest BCUT2D eigenvalue weighted by Gasteiger charge is 2.36. The highest BCUT2D eigenvalue weighted by molar-refractivity contribution is 7.99. The Bertz CT molecular complexity index is 907. The van der Waals surface area contributed by atoms with Crippen LogP contribution in [0.2, 0.25) is 0 Å². The number of carbonyl (C=O) groups excluding carboxylic acids is 4. The second-order valence-corrected chi connectivity index (χ2v) is 7.58. The second-order valence-electron chi connectivity index (χ2n) is 6.41. The predicted octanol–water partition coefficient (Wildman–Crippen LogP) is 2.04. The van der Waals surface area contributed by atoms with Crippen LogP contribution in [0.3, 0.4) is 0 Å². The Morgan fingerprint density at radius 3 is 2.24 bits per heavy atom. The lowest BCUT2D eigenvalue weighted by Crippen LogP contribution is -2.37. The minimum atomic E-state index is -0.816. The zero-order chi connectivity index (χ0) is 20.8. The van der Waals surface area contributed by atoms with Gasteiger partial charge in [0, 0.05) is 17.2 Å². The Hall–Kier alpha value is -3.13. The van der Waals surface area contributed by atoms with Crippen LogP contribution in [0.15, 0.2) is 53.4 Å². The van der Waals surface area contributed by atoms with Crippen molar-refractivity contribution >= 4 is 35.5 Å². The summed E-state index contributed by atoms with van der Waals surface area (Å²) >= 11 is 1.61. The number of rotatable bonds is 8. The van der Waals surface area contributed by atoms with E-state index in [2.05, 4.69) is 5.32 Å². The van der Waals surface area contributed by atoms with Gasteiger partial charge in [-0.05, 0) is 31.2 Å². The van der Waals surface area contributed by atoms with Crippen molar-refractivity contribution in [1.82, 2.24) is 10.2 Å². The van der Waals surface area contributed by atoms with Gasteiger partial charge < -0.3 is 10.1 Å². The summed E-state index contributed by atoms with van der Waals surface area (Å²) in [5.41, 5.74) is 1.70. The first-order valence-corrected chi connectivity index (χ1v) is 10.0. The molecular weight excluding hydrogens is 392 g/mol. The fourth-order valence-corrected chi connectivity index (χ4v) is 3.52. The molecule has 1 heterocycles. The summed E-state index contributed by atoms with van der Waals surface area (Å²) in [7, 11) is 0. The van der Waals surface area contributed by atoms with Crippen LogP contribution in [0.1, 0.15) is 26.3 Å². The van der Waals surface area contributed by atoms with E-state index in [0.29, 0.717) is 12.3 Å². The molecule has 0 fully saturated rings. The third-order valence-corrected chi connectivity index (χ3v) is 5.26. The van der Waals surface area contributed by atoms with Crippen molar-refractivity contribution in [3.63, 3.8) is 0 Å². The predicted molar refractivity (Wildman–Crippen MR) is 108 cm³/mol. The average Bonchev–Trinajstić information content (AvgIpc) is 2.96. The molecule has 0 radical (unpaired) electrons. The van der Waals surface area contributed by atoms with Crippen molar-refractivity contribution in [1.29, 1.82) is 0 Å². The maximum absolute atomic E-state index is 12.2. The molecule has 0 aliphatic carbocycles. The number of benzene rings is 2. The van der Waals surface area contributed by atoms with Crippen molar-refractivity contribution in [2.24, 2.45) is 0 Å². The molecule has 0 aromatic heterocycles. The van der Waals surface area contributed by atoms with Crippen LogP contribution < -0.4 is 5.32 Å². The van der Waals surface area contributed by atoms with Gasteiger partial charge in [0.2, 0.25) is 0 Å². The van der Waals surface area contributed by atoms with E-state index in [1.54, 1.807) is 23.9 Å². The standard InChI is InChI=1S/C21H20N2O5S/c1-14-6-8-15(9-7-14)29-11-10-22-18(24)13-28-19(25)12-23-20(26)16-4-2-3-5-17(16)21(23)27/h2-9H,10-13H2,1H3,(H,22,24). The first kappa shape index (κ1) is 20.6. The third-order valence-electron chi connectivity index (χ3n) is 4.24. The van der Waals surface area contributed by atoms with Crippen LogP contribution in [-0.4, -0.2) is 54.0 Å². The lowest BCUT2D eigenvalue weighted by atomic mass is 10.1. The summed E-state index contributed by atoms with van der Waals surface area (Å²) in [5.74, 6) is -1.66. The Kier molecular flexibility index (Phi) is 6.66. The fourth-order valence-electron chi connectivity index (χ4n) is 2.75. The molecule has 29 heavy (non-hydrogen) atoms. The monoisotopic (exact) mass is 412 g/mol. The van der Waals surface area contributed by atoms with E-state index in [9.17, 15) is 19.2 Å². The molecule has 2 aromatic rings. The van der Waals surface area contributed by atoms with E-state index in [1.807, 2.05) is 31.2 Å². The summed E-state index contributed by atoms with van der Waals surface area (Å²) in [6.45, 7) is 1.46. The van der Waals surface area contributed by atoms with E-state index in [1.165, 1.54) is 17.7 Å². The molecule has 3 rings (SSSR count). The molecule has 0 spiro atoms. The number of fused-ring (bicyclic) bond motifs is 1. The van der Waals surface area contributed by atoms with Crippen molar-refractivity contribution in [2.45, 2.75) is 11.8 Å². The molecule has 8 heteroatoms. The minimum absolute atomic E-state index is 0.258. The van der Waals surface area contributed by atoms with Crippen LogP contribution in [-0.2, 0) is 14.3 Å². The third kappa shape index (κ3) is 5.23. The number of nitrogens with zero attached hydrogens (tertiary/aromatic N) is 1. The van der Waals surface area contributed by atoms with E-state index >= 15 is 0 Å². The molecule has 1 aliphatic heterocycles. The molecule has 0 bridgehead atoms. The molecule has 0 saturated carbocycles. The zero-order valence-electron chi connectivity index (χ0n) is 15.8. The first-order valence-electron chi connectivity index (χ1n) is 9.02. The SMILES string of the molecule is Cc1ccc(SCCNC(=O)COC(=O)CN2C(=O)c3ccccc3C2=O)cc1. The minimum Gasteiger partial charge on any atom is -0.454 e. The van der Waals surface area contributed by atoms with Crippen LogP contribution in [0.25, 0.3) is 0 Å². The molecule has 1 N–H and O–H groups in total. The highest BCUT2D eigenvalue weighted by Crippen LogP contribution is 2.22. The number of thioether (sulfide) groups is 1. The molecular formula is C21H20N2O5S. The normalized spacial score (nSPS) is 12.7. The lowest BCUT2D eigenvalue weighted by Gasteiger charge is -2.13. The maximum atomic E-state index is 12.2. The molecule has 150 valence electrons. The van der Waals surface area contributed by atoms with Gasteiger partial charge in [-0.2, -0.15) is 0 Å². The molecule has 0 atom stereocenters. The number of imide groups is 1. The maximum Gasteiger partial charge on any atom is 0.326 e. The average molecular weight is 412 g/mol. The number of aryl methyl sites for hydroxylation is 1. The van der Waals surface area contributed by atoms with Gasteiger partial charge in [-0.15, -0.1) is 11.8 Å². The van der Waals surface area contributed by atoms with Crippen molar-refractivity contribution in [3.8, 4) is 0 Å². The van der Waals surface area contributed by atoms with Crippen LogP contribution >= 0.6 is 11.8 Å². The van der Waals surface area contributed by atoms with E-state index in [4.69, 9.17) is 4.74 Å². The molecule has 7 nitrogen and oxygen atoms in total. The largest absolute Gasteiger partial charge is 0.454 e. The Balaban J connectivity index is 1.36. The van der Waals surface area contributed by atoms with E-state index in [0.717, 1.165) is 9.80 Å². The summed E-state index contributed by atoms with van der Waals surface area (Å²) < 4.78 is 4.89. The summed E-state index contributed by atoms with van der Waals surface area (Å²) in [5, 5.41) is 2.66. The summed E-state index contributed by atoms with van der Waals surface area (Å²) in [6.07, 6.45) is 0. The van der Waals surface area contributed by atoms with Gasteiger partial charge in [0.1, 0.15) is 6.54 Å². The fraction of sp³-hybridized carbons (Fsp3) is 0.238. The van der Waals surface area contributed by atoms with Gasteiger partial charge in [-0.3, -0.25) is 24.1 Å². The molecule has 3 amide bonds. The first-order chi connectivity index (χ1) is 14.0. The van der Waals surface area contributed by atoms with E-state index < -0.39 is 36.8 Å². The number of amides is 3. The molecule has 2 aromatic carbocycles. The number of hydrogen-bond donors (Lipinski definition) is 1. The molecule has 1 aliphatic rings. The smallest absolute Gasteiger partial charge is 0.326 e. The lowest BCUT2D eigenvalue weighted by molar-refractivity contribution is -0.148. The number of nitrogens with one attached hydrogen (secondary N) is 1. The van der Waals surface area contributed by atoms with Crippen LogP contribution in [0.5, 0.6) is 0 Å². The van der Waals surface area contributed by atoms with Gasteiger partial charge in [0.15, 0.2) is 6.61 Å². The Morgan fingerprint density at radius 2 is 1.62 bits per heavy atom. The van der Waals surface area contributed by atoms with Crippen LogP contribution in [0, 0.1) is 6.92 Å². The van der Waals surface area contributed by atoms with Crippen molar-refractivity contribution in [2.75, 3.05) is 25.4 Å². The Labute approximate surface area is 172 Å². The van der Waals surface area contributed by atoms with E-state index in [-0.39, 0.29) is 11.1 Å². The highest BCUT2D eigenvalue weighted by atomic mass is 32.2. The van der Waals surface area contributed by atoms with Gasteiger partial charge in [0.05, 0.1) is 11.1 Å². The van der Waals surface area contributed by atoms with Gasteiger partial charge in [-0.1, -0.05) is 29.8 Å². The number of ether oxygens (including phenoxy) is 1. The van der Waals surface area contributed by atoms with Crippen LogP contribution in [0.4, 0.5) is 0 Å². The number of hydrogen-bond acceptors (Lipinski definition) is 6. The summed E-state index contributed by atoms with van der Waals surface area (Å²) in [6, 6.07) is 14.4. The van der Waals surface area contributed by atoms with Gasteiger partial charge >= 0.3 is 5.97 Å². The molecule has 0 unspecified atom stereocenters. The quantitative estimate of drug-likeness (QED) is 0.309. The summed E-state index contributed by atoms with van der Waals surface area (Å²) in [4.78, 5) is 50.1.